The third-order valence-electron chi connectivity index (χ3n) is 1.29. The second kappa shape index (κ2) is 4.24. The van der Waals surface area contributed by atoms with Crippen LogP contribution in [0.5, 0.6) is 5.75 Å². The summed E-state index contributed by atoms with van der Waals surface area (Å²) in [6.07, 6.45) is 1.62. The lowest BCUT2D eigenvalue weighted by atomic mass is 10.3. The van der Waals surface area contributed by atoms with Crippen molar-refractivity contribution in [1.82, 2.24) is 4.98 Å². The zero-order valence-electron chi connectivity index (χ0n) is 7.41. The van der Waals surface area contributed by atoms with Gasteiger partial charge in [-0.25, -0.2) is 4.98 Å². The number of pyridine rings is 1. The van der Waals surface area contributed by atoms with Crippen LogP contribution in [0.3, 0.4) is 0 Å². The molecule has 68 valence electrons. The lowest BCUT2D eigenvalue weighted by Gasteiger charge is -2.10. The summed E-state index contributed by atoms with van der Waals surface area (Å²) in [7, 11) is 0. The molecule has 0 amide bonds. The largest absolute Gasteiger partial charge is 0.488 e. The Bertz CT molecular complexity index is 344. The van der Waals surface area contributed by atoms with Crippen LogP contribution in [-0.2, 0) is 0 Å². The van der Waals surface area contributed by atoms with E-state index < -0.39 is 0 Å². The summed E-state index contributed by atoms with van der Waals surface area (Å²) in [5.74, 6) is 0.520. The van der Waals surface area contributed by atoms with Crippen molar-refractivity contribution in [2.45, 2.75) is 20.0 Å². The normalized spacial score (nSPS) is 9.77. The highest BCUT2D eigenvalue weighted by Crippen LogP contribution is 2.21. The van der Waals surface area contributed by atoms with Crippen molar-refractivity contribution in [3.8, 4) is 11.8 Å². The van der Waals surface area contributed by atoms with Gasteiger partial charge in [0.2, 0.25) is 0 Å². The van der Waals surface area contributed by atoms with Gasteiger partial charge in [-0.15, -0.1) is 0 Å². The highest BCUT2D eigenvalue weighted by Gasteiger charge is 2.06. The third kappa shape index (κ3) is 2.71. The van der Waals surface area contributed by atoms with E-state index in [-0.39, 0.29) is 6.10 Å². The van der Waals surface area contributed by atoms with Gasteiger partial charge in [-0.05, 0) is 35.8 Å². The fourth-order valence-corrected chi connectivity index (χ4v) is 1.16. The highest BCUT2D eigenvalue weighted by molar-refractivity contribution is 9.10. The molecule has 0 saturated carbocycles. The molecule has 0 unspecified atom stereocenters. The first kappa shape index (κ1) is 10.0. The van der Waals surface area contributed by atoms with Gasteiger partial charge in [0, 0.05) is 10.7 Å². The quantitative estimate of drug-likeness (QED) is 0.799. The van der Waals surface area contributed by atoms with Gasteiger partial charge in [0.15, 0.2) is 11.4 Å². The molecule has 1 heterocycles. The molecule has 0 N–H and O–H groups in total. The molecular formula is C9H9BrN2O. The SMILES string of the molecule is CC(C)Oc1cc(Br)cnc1C#N. The van der Waals surface area contributed by atoms with E-state index in [1.807, 2.05) is 19.9 Å². The van der Waals surface area contributed by atoms with E-state index >= 15 is 0 Å². The Labute approximate surface area is 85.5 Å². The van der Waals surface area contributed by atoms with E-state index in [1.165, 1.54) is 0 Å². The number of rotatable bonds is 2. The molecule has 1 rings (SSSR count). The molecule has 1 aromatic rings. The summed E-state index contributed by atoms with van der Waals surface area (Å²) in [6, 6.07) is 3.71. The molecule has 0 radical (unpaired) electrons. The Kier molecular flexibility index (Phi) is 3.26. The van der Waals surface area contributed by atoms with Crippen molar-refractivity contribution in [2.75, 3.05) is 0 Å². The van der Waals surface area contributed by atoms with Crippen molar-refractivity contribution in [2.24, 2.45) is 0 Å². The summed E-state index contributed by atoms with van der Waals surface area (Å²) < 4.78 is 6.21. The van der Waals surface area contributed by atoms with Gasteiger partial charge in [-0.1, -0.05) is 0 Å². The molecule has 0 fully saturated rings. The second-order valence-corrected chi connectivity index (χ2v) is 3.69. The molecular weight excluding hydrogens is 232 g/mol. The minimum Gasteiger partial charge on any atom is -0.488 e. The molecule has 0 aliphatic carbocycles. The molecule has 1 aromatic heterocycles. The fraction of sp³-hybridized carbons (Fsp3) is 0.333. The first-order valence-corrected chi connectivity index (χ1v) is 4.65. The minimum atomic E-state index is 0.0446. The topological polar surface area (TPSA) is 45.9 Å². The highest BCUT2D eigenvalue weighted by atomic mass is 79.9. The average molecular weight is 241 g/mol. The Morgan fingerprint density at radius 1 is 1.62 bits per heavy atom. The molecule has 0 atom stereocenters. The van der Waals surface area contributed by atoms with Gasteiger partial charge in [0.1, 0.15) is 6.07 Å². The van der Waals surface area contributed by atoms with Crippen LogP contribution in [0.15, 0.2) is 16.7 Å². The smallest absolute Gasteiger partial charge is 0.182 e. The molecule has 13 heavy (non-hydrogen) atoms. The van der Waals surface area contributed by atoms with E-state index in [2.05, 4.69) is 20.9 Å². The van der Waals surface area contributed by atoms with Crippen molar-refractivity contribution >= 4 is 15.9 Å². The third-order valence-corrected chi connectivity index (χ3v) is 1.72. The number of hydrogen-bond donors (Lipinski definition) is 0. The summed E-state index contributed by atoms with van der Waals surface area (Å²) in [4.78, 5) is 3.92. The molecule has 0 aliphatic rings. The van der Waals surface area contributed by atoms with E-state index in [1.54, 1.807) is 12.3 Å². The molecule has 0 saturated heterocycles. The van der Waals surface area contributed by atoms with E-state index in [4.69, 9.17) is 10.00 Å². The van der Waals surface area contributed by atoms with E-state index in [0.29, 0.717) is 11.4 Å². The van der Waals surface area contributed by atoms with Gasteiger partial charge in [-0.3, -0.25) is 0 Å². The Morgan fingerprint density at radius 3 is 2.85 bits per heavy atom. The van der Waals surface area contributed by atoms with Crippen LogP contribution >= 0.6 is 15.9 Å². The number of aromatic nitrogens is 1. The summed E-state index contributed by atoms with van der Waals surface area (Å²) in [6.45, 7) is 3.81. The summed E-state index contributed by atoms with van der Waals surface area (Å²) in [5.41, 5.74) is 0.317. The molecule has 0 aromatic carbocycles. The lowest BCUT2D eigenvalue weighted by Crippen LogP contribution is -2.07. The standard InChI is InChI=1S/C9H9BrN2O/c1-6(2)13-9-3-7(10)5-12-8(9)4-11/h3,5-6H,1-2H3. The fourth-order valence-electron chi connectivity index (χ4n) is 0.848. The van der Waals surface area contributed by atoms with E-state index in [9.17, 15) is 0 Å². The molecule has 3 nitrogen and oxygen atoms in total. The number of nitriles is 1. The molecule has 4 heteroatoms. The van der Waals surface area contributed by atoms with Crippen LogP contribution in [0, 0.1) is 11.3 Å². The maximum absolute atomic E-state index is 8.71. The van der Waals surface area contributed by atoms with Gasteiger partial charge in [0.05, 0.1) is 6.10 Å². The predicted molar refractivity (Wildman–Crippen MR) is 52.4 cm³/mol. The van der Waals surface area contributed by atoms with Crippen LogP contribution in [0.25, 0.3) is 0 Å². The van der Waals surface area contributed by atoms with Crippen LogP contribution in [0.4, 0.5) is 0 Å². The van der Waals surface area contributed by atoms with Gasteiger partial charge < -0.3 is 4.74 Å². The monoisotopic (exact) mass is 240 g/mol. The molecule has 0 spiro atoms. The van der Waals surface area contributed by atoms with Crippen molar-refractivity contribution in [1.29, 1.82) is 5.26 Å². The van der Waals surface area contributed by atoms with Crippen molar-refractivity contribution < 1.29 is 4.74 Å². The zero-order chi connectivity index (χ0) is 9.84. The lowest BCUT2D eigenvalue weighted by molar-refractivity contribution is 0.240. The summed E-state index contributed by atoms with van der Waals surface area (Å²) in [5, 5.41) is 8.71. The van der Waals surface area contributed by atoms with Crippen LogP contribution in [-0.4, -0.2) is 11.1 Å². The number of halogens is 1. The first-order chi connectivity index (χ1) is 6.13. The zero-order valence-corrected chi connectivity index (χ0v) is 9.00. The summed E-state index contributed by atoms with van der Waals surface area (Å²) >= 11 is 3.26. The minimum absolute atomic E-state index is 0.0446. The molecule has 0 bridgehead atoms. The van der Waals surface area contributed by atoms with Crippen LogP contribution in [0.2, 0.25) is 0 Å². The molecule has 0 aliphatic heterocycles. The van der Waals surface area contributed by atoms with Crippen molar-refractivity contribution in [3.63, 3.8) is 0 Å². The number of nitrogens with zero attached hydrogens (tertiary/aromatic N) is 2. The maximum atomic E-state index is 8.71. The number of hydrogen-bond acceptors (Lipinski definition) is 3. The Morgan fingerprint density at radius 2 is 2.31 bits per heavy atom. The van der Waals surface area contributed by atoms with E-state index in [0.717, 1.165) is 4.47 Å². The first-order valence-electron chi connectivity index (χ1n) is 3.85. The van der Waals surface area contributed by atoms with Gasteiger partial charge >= 0.3 is 0 Å². The number of ether oxygens (including phenoxy) is 1. The van der Waals surface area contributed by atoms with Gasteiger partial charge in [-0.2, -0.15) is 5.26 Å². The van der Waals surface area contributed by atoms with Crippen LogP contribution in [0.1, 0.15) is 19.5 Å². The Balaban J connectivity index is 3.03. The second-order valence-electron chi connectivity index (χ2n) is 2.78. The predicted octanol–water partition coefficient (Wildman–Crippen LogP) is 2.50. The maximum Gasteiger partial charge on any atom is 0.182 e. The Hall–Kier alpha value is -1.08. The average Bonchev–Trinajstić information content (AvgIpc) is 2.03. The van der Waals surface area contributed by atoms with Crippen molar-refractivity contribution in [3.05, 3.63) is 22.4 Å². The van der Waals surface area contributed by atoms with Crippen LogP contribution < -0.4 is 4.74 Å². The van der Waals surface area contributed by atoms with Gasteiger partial charge in [0.25, 0.3) is 0 Å².